The highest BCUT2D eigenvalue weighted by Crippen LogP contribution is 2.25. The monoisotopic (exact) mass is 210 g/mol. The molecule has 0 spiro atoms. The summed E-state index contributed by atoms with van der Waals surface area (Å²) in [7, 11) is 0. The SMILES string of the molecule is O=[N+]([O-])c1cc(Cl)nc(Cl)c1F. The van der Waals surface area contributed by atoms with Crippen molar-refractivity contribution in [2.45, 2.75) is 0 Å². The lowest BCUT2D eigenvalue weighted by atomic mass is 10.4. The molecule has 0 saturated carbocycles. The Bertz CT molecular complexity index is 344. The van der Waals surface area contributed by atoms with Crippen LogP contribution in [0.2, 0.25) is 10.3 Å². The summed E-state index contributed by atoms with van der Waals surface area (Å²) in [5.41, 5.74) is -0.778. The maximum atomic E-state index is 12.7. The molecule has 7 heteroatoms. The smallest absolute Gasteiger partial charge is 0.258 e. The number of rotatable bonds is 1. The van der Waals surface area contributed by atoms with Crippen molar-refractivity contribution in [3.63, 3.8) is 0 Å². The van der Waals surface area contributed by atoms with Gasteiger partial charge < -0.3 is 0 Å². The van der Waals surface area contributed by atoms with Crippen LogP contribution in [0.4, 0.5) is 10.1 Å². The second-order valence-corrected chi connectivity index (χ2v) is 2.57. The number of hydrogen-bond acceptors (Lipinski definition) is 3. The van der Waals surface area contributed by atoms with Gasteiger partial charge in [0, 0.05) is 0 Å². The molecule has 1 aromatic heterocycles. The fourth-order valence-electron chi connectivity index (χ4n) is 0.590. The summed E-state index contributed by atoms with van der Waals surface area (Å²) in [6.07, 6.45) is 0. The molecule has 0 saturated heterocycles. The molecule has 64 valence electrons. The van der Waals surface area contributed by atoms with Crippen LogP contribution in [0.25, 0.3) is 0 Å². The van der Waals surface area contributed by atoms with Gasteiger partial charge in [-0.25, -0.2) is 4.98 Å². The Morgan fingerprint density at radius 3 is 2.67 bits per heavy atom. The molecule has 0 amide bonds. The average molecular weight is 211 g/mol. The van der Waals surface area contributed by atoms with Crippen molar-refractivity contribution in [2.75, 3.05) is 0 Å². The summed E-state index contributed by atoms with van der Waals surface area (Å²) in [6, 6.07) is 0.794. The Kier molecular flexibility index (Phi) is 2.44. The lowest BCUT2D eigenvalue weighted by Gasteiger charge is -1.95. The lowest BCUT2D eigenvalue weighted by Crippen LogP contribution is -1.95. The molecule has 0 N–H and O–H groups in total. The zero-order chi connectivity index (χ0) is 9.30. The third-order valence-corrected chi connectivity index (χ3v) is 1.51. The molecule has 0 unspecified atom stereocenters. The van der Waals surface area contributed by atoms with E-state index >= 15 is 0 Å². The Balaban J connectivity index is 3.37. The zero-order valence-electron chi connectivity index (χ0n) is 5.42. The minimum absolute atomic E-state index is 0.215. The second kappa shape index (κ2) is 3.20. The molecule has 0 aromatic carbocycles. The summed E-state index contributed by atoms with van der Waals surface area (Å²) in [4.78, 5) is 12.5. The fourth-order valence-corrected chi connectivity index (χ4v) is 1.01. The molecule has 1 rings (SSSR count). The van der Waals surface area contributed by atoms with Gasteiger partial charge in [0.15, 0.2) is 5.15 Å². The second-order valence-electron chi connectivity index (χ2n) is 1.83. The van der Waals surface area contributed by atoms with E-state index < -0.39 is 21.6 Å². The summed E-state index contributed by atoms with van der Waals surface area (Å²) in [5, 5.41) is 9.33. The van der Waals surface area contributed by atoms with E-state index in [0.717, 1.165) is 6.07 Å². The third-order valence-electron chi connectivity index (χ3n) is 1.06. The van der Waals surface area contributed by atoms with Crippen molar-refractivity contribution < 1.29 is 9.31 Å². The first kappa shape index (κ1) is 9.15. The van der Waals surface area contributed by atoms with E-state index in [1.807, 2.05) is 0 Å². The number of nitro groups is 1. The van der Waals surface area contributed by atoms with Crippen LogP contribution in [0.5, 0.6) is 0 Å². The first-order valence-electron chi connectivity index (χ1n) is 2.68. The van der Waals surface area contributed by atoms with Gasteiger partial charge >= 0.3 is 5.69 Å². The number of pyridine rings is 1. The van der Waals surface area contributed by atoms with Crippen LogP contribution in [0, 0.1) is 15.9 Å². The van der Waals surface area contributed by atoms with E-state index in [0.29, 0.717) is 0 Å². The van der Waals surface area contributed by atoms with Gasteiger partial charge in [0.25, 0.3) is 0 Å². The largest absolute Gasteiger partial charge is 0.311 e. The molecule has 0 aliphatic rings. The van der Waals surface area contributed by atoms with Gasteiger partial charge in [-0.05, 0) is 0 Å². The van der Waals surface area contributed by atoms with Crippen LogP contribution in [-0.2, 0) is 0 Å². The average Bonchev–Trinajstić information content (AvgIpc) is 1.96. The van der Waals surface area contributed by atoms with E-state index in [1.54, 1.807) is 0 Å². The van der Waals surface area contributed by atoms with Crippen LogP contribution in [0.3, 0.4) is 0 Å². The highest BCUT2D eigenvalue weighted by atomic mass is 35.5. The van der Waals surface area contributed by atoms with Gasteiger partial charge in [-0.3, -0.25) is 10.1 Å². The molecule has 0 radical (unpaired) electrons. The molecular formula is C5HCl2FN2O2. The van der Waals surface area contributed by atoms with Crippen LogP contribution >= 0.6 is 23.2 Å². The molecule has 1 heterocycles. The molecule has 4 nitrogen and oxygen atoms in total. The minimum Gasteiger partial charge on any atom is -0.258 e. The quantitative estimate of drug-likeness (QED) is 0.407. The Morgan fingerprint density at radius 2 is 2.17 bits per heavy atom. The van der Waals surface area contributed by atoms with Gasteiger partial charge in [-0.15, -0.1) is 0 Å². The first-order chi connectivity index (χ1) is 5.52. The van der Waals surface area contributed by atoms with Crippen LogP contribution in [0.15, 0.2) is 6.07 Å². The predicted molar refractivity (Wildman–Crippen MR) is 40.9 cm³/mol. The summed E-state index contributed by atoms with van der Waals surface area (Å²) < 4.78 is 12.7. The van der Waals surface area contributed by atoms with Crippen molar-refractivity contribution in [2.24, 2.45) is 0 Å². The minimum atomic E-state index is -1.17. The van der Waals surface area contributed by atoms with Crippen molar-refractivity contribution in [1.29, 1.82) is 0 Å². The molecule has 0 atom stereocenters. The van der Waals surface area contributed by atoms with Gasteiger partial charge in [0.1, 0.15) is 5.15 Å². The normalized spacial score (nSPS) is 9.92. The zero-order valence-corrected chi connectivity index (χ0v) is 6.93. The fraction of sp³-hybridized carbons (Fsp3) is 0. The van der Waals surface area contributed by atoms with Crippen molar-refractivity contribution >= 4 is 28.9 Å². The van der Waals surface area contributed by atoms with Gasteiger partial charge in [-0.2, -0.15) is 4.39 Å². The van der Waals surface area contributed by atoms with Crippen LogP contribution in [0.1, 0.15) is 0 Å². The van der Waals surface area contributed by atoms with Crippen molar-refractivity contribution in [3.05, 3.63) is 32.3 Å². The number of nitrogens with zero attached hydrogens (tertiary/aromatic N) is 2. The number of hydrogen-bond donors (Lipinski definition) is 0. The molecule has 12 heavy (non-hydrogen) atoms. The van der Waals surface area contributed by atoms with Gasteiger partial charge in [0.05, 0.1) is 11.0 Å². The lowest BCUT2D eigenvalue weighted by molar-refractivity contribution is -0.387. The topological polar surface area (TPSA) is 56.0 Å². The number of halogens is 3. The van der Waals surface area contributed by atoms with E-state index in [-0.39, 0.29) is 5.15 Å². The van der Waals surface area contributed by atoms with E-state index in [1.165, 1.54) is 0 Å². The molecule has 0 bridgehead atoms. The molecule has 0 aliphatic heterocycles. The Morgan fingerprint density at radius 1 is 1.58 bits per heavy atom. The van der Waals surface area contributed by atoms with E-state index in [2.05, 4.69) is 4.98 Å². The van der Waals surface area contributed by atoms with E-state index in [4.69, 9.17) is 23.2 Å². The number of aromatic nitrogens is 1. The van der Waals surface area contributed by atoms with Gasteiger partial charge in [0.2, 0.25) is 5.82 Å². The van der Waals surface area contributed by atoms with Crippen LogP contribution < -0.4 is 0 Å². The van der Waals surface area contributed by atoms with Crippen molar-refractivity contribution in [3.8, 4) is 0 Å². The molecule has 0 aliphatic carbocycles. The molecule has 0 fully saturated rings. The van der Waals surface area contributed by atoms with Crippen LogP contribution in [-0.4, -0.2) is 9.91 Å². The third kappa shape index (κ3) is 1.62. The predicted octanol–water partition coefficient (Wildman–Crippen LogP) is 2.44. The summed E-state index contributed by atoms with van der Waals surface area (Å²) in [5.74, 6) is -1.17. The molecular weight excluding hydrogens is 210 g/mol. The highest BCUT2D eigenvalue weighted by molar-refractivity contribution is 6.32. The molecule has 1 aromatic rings. The maximum Gasteiger partial charge on any atom is 0.311 e. The summed E-state index contributed by atoms with van der Waals surface area (Å²) >= 11 is 10.5. The Labute approximate surface area is 76.1 Å². The summed E-state index contributed by atoms with van der Waals surface area (Å²) in [6.45, 7) is 0. The standard InChI is InChI=1S/C5HCl2FN2O2/c6-3-1-2(10(11)12)4(8)5(7)9-3/h1H. The maximum absolute atomic E-state index is 12.7. The van der Waals surface area contributed by atoms with Gasteiger partial charge in [-0.1, -0.05) is 23.2 Å². The Hall–Kier alpha value is -0.940. The first-order valence-corrected chi connectivity index (χ1v) is 3.44. The van der Waals surface area contributed by atoms with Crippen molar-refractivity contribution in [1.82, 2.24) is 4.98 Å². The van der Waals surface area contributed by atoms with E-state index in [9.17, 15) is 14.5 Å². The highest BCUT2D eigenvalue weighted by Gasteiger charge is 2.19.